The third kappa shape index (κ3) is 3.80. The lowest BCUT2D eigenvalue weighted by Crippen LogP contribution is -2.35. The molecule has 1 aromatic heterocycles. The molecular formula is C17H19N3O4. The fourth-order valence-electron chi connectivity index (χ4n) is 2.76. The molecule has 1 saturated heterocycles. The first kappa shape index (κ1) is 16.2. The van der Waals surface area contributed by atoms with E-state index in [1.54, 1.807) is 6.20 Å². The van der Waals surface area contributed by atoms with Crippen LogP contribution in [0.1, 0.15) is 24.0 Å². The van der Waals surface area contributed by atoms with Crippen LogP contribution in [0, 0.1) is 0 Å². The van der Waals surface area contributed by atoms with Crippen LogP contribution in [-0.4, -0.2) is 39.0 Å². The minimum atomic E-state index is -1.02. The zero-order valence-corrected chi connectivity index (χ0v) is 13.1. The molecule has 1 fully saturated rings. The SMILES string of the molecule is O=C(NCc1ccccc1Cn1cccn1)[C@@H]1CC[C@H](C(=O)O)O1. The van der Waals surface area contributed by atoms with Gasteiger partial charge in [-0.25, -0.2) is 4.79 Å². The summed E-state index contributed by atoms with van der Waals surface area (Å²) in [4.78, 5) is 23.0. The molecule has 1 aliphatic heterocycles. The smallest absolute Gasteiger partial charge is 0.332 e. The monoisotopic (exact) mass is 329 g/mol. The van der Waals surface area contributed by atoms with Gasteiger partial charge in [0, 0.05) is 18.9 Å². The van der Waals surface area contributed by atoms with Crippen LogP contribution in [0.3, 0.4) is 0 Å². The zero-order chi connectivity index (χ0) is 16.9. The van der Waals surface area contributed by atoms with E-state index < -0.39 is 18.2 Å². The number of hydrogen-bond donors (Lipinski definition) is 2. The summed E-state index contributed by atoms with van der Waals surface area (Å²) < 4.78 is 7.08. The van der Waals surface area contributed by atoms with Crippen LogP contribution in [-0.2, 0) is 27.4 Å². The molecular weight excluding hydrogens is 310 g/mol. The number of rotatable bonds is 6. The third-order valence-electron chi connectivity index (χ3n) is 4.05. The number of carbonyl (C=O) groups excluding carboxylic acids is 1. The highest BCUT2D eigenvalue weighted by atomic mass is 16.5. The second-order valence-corrected chi connectivity index (χ2v) is 5.72. The molecule has 0 unspecified atom stereocenters. The molecule has 2 atom stereocenters. The second kappa shape index (κ2) is 7.27. The normalized spacial score (nSPS) is 20.0. The maximum atomic E-state index is 12.2. The predicted molar refractivity (Wildman–Crippen MR) is 85.1 cm³/mol. The highest BCUT2D eigenvalue weighted by Crippen LogP contribution is 2.20. The quantitative estimate of drug-likeness (QED) is 0.830. The van der Waals surface area contributed by atoms with Gasteiger partial charge in [-0.1, -0.05) is 24.3 Å². The average Bonchev–Trinajstić information content (AvgIpc) is 3.25. The first-order valence-electron chi connectivity index (χ1n) is 7.83. The Kier molecular flexibility index (Phi) is 4.90. The Morgan fingerprint density at radius 2 is 1.96 bits per heavy atom. The van der Waals surface area contributed by atoms with Crippen molar-refractivity contribution in [2.24, 2.45) is 0 Å². The van der Waals surface area contributed by atoms with Gasteiger partial charge in [0.15, 0.2) is 6.10 Å². The number of nitrogens with zero attached hydrogens (tertiary/aromatic N) is 2. The van der Waals surface area contributed by atoms with Gasteiger partial charge >= 0.3 is 5.97 Å². The Balaban J connectivity index is 1.59. The average molecular weight is 329 g/mol. The molecule has 1 aliphatic rings. The molecule has 0 bridgehead atoms. The van der Waals surface area contributed by atoms with E-state index in [9.17, 15) is 9.59 Å². The molecule has 0 radical (unpaired) electrons. The number of ether oxygens (including phenoxy) is 1. The van der Waals surface area contributed by atoms with E-state index in [0.29, 0.717) is 25.9 Å². The van der Waals surface area contributed by atoms with Crippen molar-refractivity contribution in [1.29, 1.82) is 0 Å². The zero-order valence-electron chi connectivity index (χ0n) is 13.1. The van der Waals surface area contributed by atoms with Gasteiger partial charge in [0.1, 0.15) is 6.10 Å². The number of hydrogen-bond acceptors (Lipinski definition) is 4. The number of carboxylic acids is 1. The molecule has 2 aromatic rings. The van der Waals surface area contributed by atoms with Gasteiger partial charge in [-0.3, -0.25) is 9.48 Å². The van der Waals surface area contributed by atoms with Gasteiger partial charge in [0.05, 0.1) is 6.54 Å². The highest BCUT2D eigenvalue weighted by Gasteiger charge is 2.34. The number of aliphatic carboxylic acids is 1. The van der Waals surface area contributed by atoms with Crippen molar-refractivity contribution in [3.8, 4) is 0 Å². The molecule has 0 spiro atoms. The van der Waals surface area contributed by atoms with E-state index in [1.165, 1.54) is 0 Å². The first-order valence-corrected chi connectivity index (χ1v) is 7.83. The predicted octanol–water partition coefficient (Wildman–Crippen LogP) is 1.18. The fourth-order valence-corrected chi connectivity index (χ4v) is 2.76. The molecule has 1 amide bonds. The molecule has 126 valence electrons. The second-order valence-electron chi connectivity index (χ2n) is 5.72. The molecule has 0 saturated carbocycles. The highest BCUT2D eigenvalue weighted by molar-refractivity contribution is 5.82. The summed E-state index contributed by atoms with van der Waals surface area (Å²) in [5.41, 5.74) is 2.06. The molecule has 7 nitrogen and oxygen atoms in total. The number of nitrogens with one attached hydrogen (secondary N) is 1. The van der Waals surface area contributed by atoms with Crippen LogP contribution in [0.15, 0.2) is 42.7 Å². The van der Waals surface area contributed by atoms with Crippen molar-refractivity contribution in [3.05, 3.63) is 53.9 Å². The maximum Gasteiger partial charge on any atom is 0.332 e. The van der Waals surface area contributed by atoms with Crippen molar-refractivity contribution in [2.45, 2.75) is 38.1 Å². The van der Waals surface area contributed by atoms with E-state index in [1.807, 2.05) is 41.2 Å². The molecule has 0 aliphatic carbocycles. The third-order valence-corrected chi connectivity index (χ3v) is 4.05. The van der Waals surface area contributed by atoms with Crippen molar-refractivity contribution < 1.29 is 19.4 Å². The minimum Gasteiger partial charge on any atom is -0.479 e. The topological polar surface area (TPSA) is 93.5 Å². The number of benzene rings is 1. The minimum absolute atomic E-state index is 0.271. The van der Waals surface area contributed by atoms with Gasteiger partial charge in [-0.15, -0.1) is 0 Å². The van der Waals surface area contributed by atoms with E-state index in [4.69, 9.17) is 9.84 Å². The van der Waals surface area contributed by atoms with Gasteiger partial charge in [-0.05, 0) is 30.0 Å². The van der Waals surface area contributed by atoms with Crippen molar-refractivity contribution in [3.63, 3.8) is 0 Å². The number of carboxylic acid groups (broad SMARTS) is 1. The van der Waals surface area contributed by atoms with Crippen LogP contribution in [0.25, 0.3) is 0 Å². The largest absolute Gasteiger partial charge is 0.479 e. The van der Waals surface area contributed by atoms with Gasteiger partial charge in [0.2, 0.25) is 5.91 Å². The van der Waals surface area contributed by atoms with E-state index in [-0.39, 0.29) is 5.91 Å². The van der Waals surface area contributed by atoms with Crippen LogP contribution in [0.4, 0.5) is 0 Å². The summed E-state index contributed by atoms with van der Waals surface area (Å²) in [6.45, 7) is 0.994. The summed E-state index contributed by atoms with van der Waals surface area (Å²) in [7, 11) is 0. The lowest BCUT2D eigenvalue weighted by atomic mass is 10.1. The Morgan fingerprint density at radius 3 is 2.62 bits per heavy atom. The van der Waals surface area contributed by atoms with Gasteiger partial charge < -0.3 is 15.2 Å². The molecule has 2 heterocycles. The number of carbonyl (C=O) groups is 2. The Labute approximate surface area is 139 Å². The number of amides is 1. The number of aromatic nitrogens is 2. The van der Waals surface area contributed by atoms with Crippen molar-refractivity contribution in [2.75, 3.05) is 0 Å². The lowest BCUT2D eigenvalue weighted by molar-refractivity contribution is -0.151. The van der Waals surface area contributed by atoms with Crippen LogP contribution in [0.5, 0.6) is 0 Å². The maximum absolute atomic E-state index is 12.2. The summed E-state index contributed by atoms with van der Waals surface area (Å²) in [6, 6.07) is 9.67. The van der Waals surface area contributed by atoms with Gasteiger partial charge in [-0.2, -0.15) is 5.10 Å². The molecule has 3 rings (SSSR count). The standard InChI is InChI=1S/C17H19N3O4/c21-16(14-6-7-15(24-14)17(22)23)18-10-12-4-1-2-5-13(12)11-20-9-3-8-19-20/h1-5,8-9,14-15H,6-7,10-11H2,(H,18,21)(H,22,23)/t14-,15+/m0/s1. The summed E-state index contributed by atoms with van der Waals surface area (Å²) >= 11 is 0. The van der Waals surface area contributed by atoms with E-state index >= 15 is 0 Å². The van der Waals surface area contributed by atoms with Crippen molar-refractivity contribution in [1.82, 2.24) is 15.1 Å². The van der Waals surface area contributed by atoms with Crippen LogP contribution < -0.4 is 5.32 Å². The van der Waals surface area contributed by atoms with E-state index in [0.717, 1.165) is 11.1 Å². The summed E-state index contributed by atoms with van der Waals surface area (Å²) in [5.74, 6) is -1.29. The molecule has 7 heteroatoms. The fraction of sp³-hybridized carbons (Fsp3) is 0.353. The molecule has 24 heavy (non-hydrogen) atoms. The van der Waals surface area contributed by atoms with Crippen molar-refractivity contribution >= 4 is 11.9 Å². The van der Waals surface area contributed by atoms with E-state index in [2.05, 4.69) is 10.4 Å². The summed E-state index contributed by atoms with van der Waals surface area (Å²) in [6.07, 6.45) is 2.83. The first-order chi connectivity index (χ1) is 11.6. The van der Waals surface area contributed by atoms with Crippen LogP contribution in [0.2, 0.25) is 0 Å². The van der Waals surface area contributed by atoms with Gasteiger partial charge in [0.25, 0.3) is 0 Å². The Bertz CT molecular complexity index is 714. The molecule has 2 N–H and O–H groups in total. The Hall–Kier alpha value is -2.67. The lowest BCUT2D eigenvalue weighted by Gasteiger charge is -2.14. The summed E-state index contributed by atoms with van der Waals surface area (Å²) in [5, 5.41) is 15.9. The molecule has 1 aromatic carbocycles. The van der Waals surface area contributed by atoms with Crippen LogP contribution >= 0.6 is 0 Å². The Morgan fingerprint density at radius 1 is 1.21 bits per heavy atom.